The third kappa shape index (κ3) is 3.10. The highest BCUT2D eigenvalue weighted by molar-refractivity contribution is 9.10. The number of hydrogen-bond donors (Lipinski definition) is 1. The van der Waals surface area contributed by atoms with Crippen LogP contribution in [0.25, 0.3) is 11.3 Å². The van der Waals surface area contributed by atoms with E-state index in [4.69, 9.17) is 4.74 Å². The van der Waals surface area contributed by atoms with Crippen molar-refractivity contribution in [3.8, 4) is 17.0 Å². The second kappa shape index (κ2) is 6.31. The van der Waals surface area contributed by atoms with Crippen molar-refractivity contribution < 1.29 is 4.74 Å². The summed E-state index contributed by atoms with van der Waals surface area (Å²) >= 11 is 5.24. The van der Waals surface area contributed by atoms with Crippen LogP contribution < -0.4 is 10.1 Å². The molecule has 0 aliphatic carbocycles. The molecule has 1 N–H and O–H groups in total. The first kappa shape index (κ1) is 13.5. The highest BCUT2D eigenvalue weighted by Gasteiger charge is 2.08. The van der Waals surface area contributed by atoms with Crippen molar-refractivity contribution >= 4 is 27.3 Å². The molecule has 96 valence electrons. The second-order valence-electron chi connectivity index (χ2n) is 3.73. The van der Waals surface area contributed by atoms with Crippen molar-refractivity contribution in [2.45, 2.75) is 13.5 Å². The molecule has 0 amide bonds. The maximum absolute atomic E-state index is 5.46. The summed E-state index contributed by atoms with van der Waals surface area (Å²) in [5.41, 5.74) is 2.09. The van der Waals surface area contributed by atoms with Crippen LogP contribution >= 0.6 is 27.3 Å². The minimum absolute atomic E-state index is 0.675. The zero-order chi connectivity index (χ0) is 13.0. The molecular weight excluding hydrogens is 312 g/mol. The molecular formula is C13H15BrN2OS. The van der Waals surface area contributed by atoms with E-state index in [0.717, 1.165) is 33.0 Å². The highest BCUT2D eigenvalue weighted by Crippen LogP contribution is 2.32. The van der Waals surface area contributed by atoms with Crippen LogP contribution in [0.2, 0.25) is 0 Å². The zero-order valence-electron chi connectivity index (χ0n) is 10.4. The molecule has 0 unspecified atom stereocenters. The molecule has 2 rings (SSSR count). The van der Waals surface area contributed by atoms with Gasteiger partial charge in [-0.25, -0.2) is 4.98 Å². The van der Waals surface area contributed by atoms with E-state index in [-0.39, 0.29) is 0 Å². The summed E-state index contributed by atoms with van der Waals surface area (Å²) < 4.78 is 6.47. The van der Waals surface area contributed by atoms with E-state index in [2.05, 4.69) is 31.6 Å². The van der Waals surface area contributed by atoms with E-state index in [1.54, 1.807) is 11.3 Å². The third-order valence-corrected chi connectivity index (χ3v) is 3.91. The quantitative estimate of drug-likeness (QED) is 0.909. The number of nitrogens with zero attached hydrogens (tertiary/aromatic N) is 1. The number of hydrogen-bond acceptors (Lipinski definition) is 4. The van der Waals surface area contributed by atoms with E-state index in [1.807, 2.05) is 32.2 Å². The van der Waals surface area contributed by atoms with E-state index in [1.165, 1.54) is 0 Å². The predicted octanol–water partition coefficient (Wildman–Crippen LogP) is 3.69. The van der Waals surface area contributed by atoms with Crippen LogP contribution in [0.4, 0.5) is 0 Å². The van der Waals surface area contributed by atoms with Gasteiger partial charge in [0.25, 0.3) is 0 Å². The fraction of sp³-hybridized carbons (Fsp3) is 0.308. The molecule has 3 nitrogen and oxygen atoms in total. The van der Waals surface area contributed by atoms with E-state index < -0.39 is 0 Å². The van der Waals surface area contributed by atoms with Crippen LogP contribution in [0.5, 0.6) is 5.75 Å². The van der Waals surface area contributed by atoms with E-state index in [0.29, 0.717) is 6.61 Å². The first-order valence-corrected chi connectivity index (χ1v) is 7.43. The summed E-state index contributed by atoms with van der Waals surface area (Å²) in [5, 5.41) is 6.27. The molecule has 1 aromatic heterocycles. The Hall–Kier alpha value is -0.910. The fourth-order valence-corrected chi connectivity index (χ4v) is 2.99. The monoisotopic (exact) mass is 326 g/mol. The lowest BCUT2D eigenvalue weighted by Gasteiger charge is -2.06. The van der Waals surface area contributed by atoms with Gasteiger partial charge in [0, 0.05) is 22.0 Å². The van der Waals surface area contributed by atoms with Crippen LogP contribution in [0.1, 0.15) is 11.9 Å². The van der Waals surface area contributed by atoms with Crippen LogP contribution in [-0.4, -0.2) is 18.6 Å². The first-order valence-electron chi connectivity index (χ1n) is 5.76. The molecule has 0 fully saturated rings. The summed E-state index contributed by atoms with van der Waals surface area (Å²) in [5.74, 6) is 0.874. The Balaban J connectivity index is 2.26. The van der Waals surface area contributed by atoms with Gasteiger partial charge >= 0.3 is 0 Å². The standard InChI is InChI=1S/C13H15BrN2OS/c1-3-17-9-4-5-10(11(14)6-9)12-8-18-13(16-12)7-15-2/h4-6,8,15H,3,7H2,1-2H3. The Morgan fingerprint density at radius 3 is 2.94 bits per heavy atom. The van der Waals surface area contributed by atoms with Gasteiger partial charge in [0.15, 0.2) is 0 Å². The molecule has 0 aliphatic heterocycles. The summed E-state index contributed by atoms with van der Waals surface area (Å²) in [6.45, 7) is 3.46. The lowest BCUT2D eigenvalue weighted by atomic mass is 10.2. The summed E-state index contributed by atoms with van der Waals surface area (Å²) in [4.78, 5) is 4.59. The lowest BCUT2D eigenvalue weighted by Crippen LogP contribution is -2.04. The molecule has 2 aromatic rings. The van der Waals surface area contributed by atoms with Crippen molar-refractivity contribution in [1.29, 1.82) is 0 Å². The lowest BCUT2D eigenvalue weighted by molar-refractivity contribution is 0.340. The van der Waals surface area contributed by atoms with Gasteiger partial charge in [-0.15, -0.1) is 11.3 Å². The molecule has 0 aliphatic rings. The molecule has 0 atom stereocenters. The number of ether oxygens (including phenoxy) is 1. The van der Waals surface area contributed by atoms with Gasteiger partial charge in [-0.1, -0.05) is 0 Å². The molecule has 0 spiro atoms. The van der Waals surface area contributed by atoms with Crippen molar-refractivity contribution in [1.82, 2.24) is 10.3 Å². The molecule has 0 radical (unpaired) electrons. The van der Waals surface area contributed by atoms with Gasteiger partial charge in [0.2, 0.25) is 0 Å². The van der Waals surface area contributed by atoms with E-state index >= 15 is 0 Å². The maximum atomic E-state index is 5.46. The Kier molecular flexibility index (Phi) is 4.74. The summed E-state index contributed by atoms with van der Waals surface area (Å²) in [7, 11) is 1.92. The Bertz CT molecular complexity index is 527. The van der Waals surface area contributed by atoms with Gasteiger partial charge in [0.05, 0.1) is 12.3 Å². The largest absolute Gasteiger partial charge is 0.494 e. The number of halogens is 1. The molecule has 1 heterocycles. The topological polar surface area (TPSA) is 34.1 Å². The van der Waals surface area contributed by atoms with Crippen molar-refractivity contribution in [2.75, 3.05) is 13.7 Å². The summed E-state index contributed by atoms with van der Waals surface area (Å²) in [6.07, 6.45) is 0. The van der Waals surface area contributed by atoms with Gasteiger partial charge < -0.3 is 10.1 Å². The first-order chi connectivity index (χ1) is 8.74. The molecule has 1 aromatic carbocycles. The number of aromatic nitrogens is 1. The van der Waals surface area contributed by atoms with Gasteiger partial charge in [-0.05, 0) is 48.1 Å². The van der Waals surface area contributed by atoms with Crippen LogP contribution in [-0.2, 0) is 6.54 Å². The molecule has 5 heteroatoms. The highest BCUT2D eigenvalue weighted by atomic mass is 79.9. The Morgan fingerprint density at radius 1 is 1.44 bits per heavy atom. The smallest absolute Gasteiger partial charge is 0.120 e. The van der Waals surface area contributed by atoms with E-state index in [9.17, 15) is 0 Å². The Labute approximate surface area is 119 Å². The molecule has 0 bridgehead atoms. The Morgan fingerprint density at radius 2 is 2.28 bits per heavy atom. The molecule has 18 heavy (non-hydrogen) atoms. The zero-order valence-corrected chi connectivity index (χ0v) is 12.8. The second-order valence-corrected chi connectivity index (χ2v) is 5.53. The minimum Gasteiger partial charge on any atom is -0.494 e. The fourth-order valence-electron chi connectivity index (χ4n) is 1.63. The summed E-state index contributed by atoms with van der Waals surface area (Å²) in [6, 6.07) is 5.99. The SMILES string of the molecule is CCOc1ccc(-c2csc(CNC)n2)c(Br)c1. The normalized spacial score (nSPS) is 10.6. The average molecular weight is 327 g/mol. The van der Waals surface area contributed by atoms with Gasteiger partial charge in [-0.3, -0.25) is 0 Å². The number of nitrogens with one attached hydrogen (secondary N) is 1. The van der Waals surface area contributed by atoms with Crippen molar-refractivity contribution in [2.24, 2.45) is 0 Å². The molecule has 0 saturated heterocycles. The van der Waals surface area contributed by atoms with Gasteiger partial charge in [-0.2, -0.15) is 0 Å². The average Bonchev–Trinajstić information content (AvgIpc) is 2.78. The van der Waals surface area contributed by atoms with Crippen LogP contribution in [0.3, 0.4) is 0 Å². The number of benzene rings is 1. The van der Waals surface area contributed by atoms with Crippen LogP contribution in [0, 0.1) is 0 Å². The van der Waals surface area contributed by atoms with Crippen molar-refractivity contribution in [3.63, 3.8) is 0 Å². The van der Waals surface area contributed by atoms with Crippen molar-refractivity contribution in [3.05, 3.63) is 33.1 Å². The maximum Gasteiger partial charge on any atom is 0.120 e. The number of rotatable bonds is 5. The molecule has 0 saturated carbocycles. The minimum atomic E-state index is 0.675. The third-order valence-electron chi connectivity index (χ3n) is 2.41. The predicted molar refractivity (Wildman–Crippen MR) is 79.2 cm³/mol. The number of thiazole rings is 1. The van der Waals surface area contributed by atoms with Gasteiger partial charge in [0.1, 0.15) is 10.8 Å². The van der Waals surface area contributed by atoms with Crippen LogP contribution in [0.15, 0.2) is 28.1 Å².